The zero-order valence-electron chi connectivity index (χ0n) is 11.8. The summed E-state index contributed by atoms with van der Waals surface area (Å²) in [6.45, 7) is 1.38. The molecule has 0 bridgehead atoms. The molecule has 0 aliphatic carbocycles. The lowest BCUT2D eigenvalue weighted by Crippen LogP contribution is -2.00. The fraction of sp³-hybridized carbons (Fsp3) is 0.0625. The quantitative estimate of drug-likeness (QED) is 0.432. The van der Waals surface area contributed by atoms with Crippen molar-refractivity contribution in [2.75, 3.05) is 5.32 Å². The highest BCUT2D eigenvalue weighted by molar-refractivity contribution is 5.96. The Morgan fingerprint density at radius 2 is 2.00 bits per heavy atom. The van der Waals surface area contributed by atoms with Crippen LogP contribution in [0.15, 0.2) is 48.7 Å². The molecule has 6 nitrogen and oxygen atoms in total. The number of carbonyl (C=O) groups excluding carboxylic acids is 1. The van der Waals surface area contributed by atoms with E-state index in [-0.39, 0.29) is 11.5 Å². The summed E-state index contributed by atoms with van der Waals surface area (Å²) in [4.78, 5) is 25.2. The number of carbonyl (C=O) groups is 1. The Hall–Kier alpha value is -3.15. The van der Waals surface area contributed by atoms with Gasteiger partial charge in [-0.3, -0.25) is 14.9 Å². The average molecular weight is 295 g/mol. The van der Waals surface area contributed by atoms with Crippen molar-refractivity contribution < 1.29 is 9.72 Å². The van der Waals surface area contributed by atoms with Crippen LogP contribution in [0.2, 0.25) is 0 Å². The molecule has 6 heteroatoms. The first-order valence-electron chi connectivity index (χ1n) is 6.68. The van der Waals surface area contributed by atoms with Gasteiger partial charge in [0.2, 0.25) is 0 Å². The molecule has 0 saturated heterocycles. The fourth-order valence-corrected chi connectivity index (χ4v) is 2.29. The van der Waals surface area contributed by atoms with E-state index in [9.17, 15) is 14.9 Å². The van der Waals surface area contributed by atoms with E-state index in [1.54, 1.807) is 12.1 Å². The summed E-state index contributed by atoms with van der Waals surface area (Å²) in [5.74, 6) is -0.205. The molecule has 3 rings (SSSR count). The molecular weight excluding hydrogens is 282 g/mol. The van der Waals surface area contributed by atoms with Gasteiger partial charge in [-0.05, 0) is 43.3 Å². The van der Waals surface area contributed by atoms with Crippen LogP contribution in [0.25, 0.3) is 10.9 Å². The highest BCUT2D eigenvalue weighted by atomic mass is 16.6. The number of hydrogen-bond donors (Lipinski definition) is 2. The fourth-order valence-electron chi connectivity index (χ4n) is 2.29. The Labute approximate surface area is 125 Å². The summed E-state index contributed by atoms with van der Waals surface area (Å²) in [5.41, 5.74) is 2.28. The molecule has 0 radical (unpaired) electrons. The van der Waals surface area contributed by atoms with Crippen molar-refractivity contribution in [3.05, 3.63) is 64.3 Å². The lowest BCUT2D eigenvalue weighted by atomic mass is 10.1. The molecule has 0 saturated carbocycles. The van der Waals surface area contributed by atoms with Crippen LogP contribution in [-0.4, -0.2) is 15.7 Å². The standard InChI is InChI=1S/C16H13N3O3/c1-10(20)11-2-4-15(16(9-11)19(21)22)18-13-3-5-14-12(8-13)6-7-17-14/h2-9,17-18H,1H3. The minimum absolute atomic E-state index is 0.123. The van der Waals surface area contributed by atoms with Crippen LogP contribution in [0.4, 0.5) is 17.1 Å². The Kier molecular flexibility index (Phi) is 3.34. The predicted octanol–water partition coefficient (Wildman–Crippen LogP) is 4.02. The molecule has 110 valence electrons. The van der Waals surface area contributed by atoms with Gasteiger partial charge in [0.1, 0.15) is 5.69 Å². The SMILES string of the molecule is CC(=O)c1ccc(Nc2ccc3[nH]ccc3c2)c([N+](=O)[O-])c1. The lowest BCUT2D eigenvalue weighted by molar-refractivity contribution is -0.383. The highest BCUT2D eigenvalue weighted by Crippen LogP contribution is 2.30. The van der Waals surface area contributed by atoms with Crippen molar-refractivity contribution in [2.24, 2.45) is 0 Å². The number of Topliss-reactive ketones (excluding diaryl/α,β-unsaturated/α-hetero) is 1. The summed E-state index contributed by atoms with van der Waals surface area (Å²) in [6, 6.07) is 12.0. The van der Waals surface area contributed by atoms with E-state index in [0.29, 0.717) is 11.3 Å². The normalized spacial score (nSPS) is 10.6. The monoisotopic (exact) mass is 295 g/mol. The number of anilines is 2. The first-order valence-corrected chi connectivity index (χ1v) is 6.68. The average Bonchev–Trinajstić information content (AvgIpc) is 2.94. The molecule has 1 heterocycles. The van der Waals surface area contributed by atoms with Crippen LogP contribution in [0, 0.1) is 10.1 Å². The first-order chi connectivity index (χ1) is 10.5. The van der Waals surface area contributed by atoms with Gasteiger partial charge in [-0.2, -0.15) is 0 Å². The molecule has 0 amide bonds. The van der Waals surface area contributed by atoms with Gasteiger partial charge in [-0.25, -0.2) is 0 Å². The van der Waals surface area contributed by atoms with E-state index in [1.165, 1.54) is 13.0 Å². The zero-order valence-corrected chi connectivity index (χ0v) is 11.8. The Bertz CT molecular complexity index is 883. The molecule has 1 aromatic heterocycles. The third-order valence-electron chi connectivity index (χ3n) is 3.43. The van der Waals surface area contributed by atoms with Crippen molar-refractivity contribution in [3.8, 4) is 0 Å². The predicted molar refractivity (Wildman–Crippen MR) is 84.7 cm³/mol. The summed E-state index contributed by atoms with van der Waals surface area (Å²) in [5, 5.41) is 15.2. The molecule has 0 unspecified atom stereocenters. The summed E-state index contributed by atoms with van der Waals surface area (Å²) >= 11 is 0. The third-order valence-corrected chi connectivity index (χ3v) is 3.43. The summed E-state index contributed by atoms with van der Waals surface area (Å²) in [6.07, 6.45) is 1.83. The Balaban J connectivity index is 2.00. The molecule has 0 aliphatic heterocycles. The van der Waals surface area contributed by atoms with Gasteiger partial charge in [0.25, 0.3) is 5.69 Å². The molecule has 0 aliphatic rings. The maximum Gasteiger partial charge on any atom is 0.293 e. The maximum atomic E-state index is 11.4. The molecule has 3 aromatic rings. The number of nitrogens with zero attached hydrogens (tertiary/aromatic N) is 1. The molecule has 2 aromatic carbocycles. The number of aromatic nitrogens is 1. The van der Waals surface area contributed by atoms with E-state index in [0.717, 1.165) is 16.6 Å². The lowest BCUT2D eigenvalue weighted by Gasteiger charge is -2.08. The van der Waals surface area contributed by atoms with Gasteiger partial charge in [-0.1, -0.05) is 0 Å². The van der Waals surface area contributed by atoms with E-state index in [4.69, 9.17) is 0 Å². The molecule has 0 spiro atoms. The van der Waals surface area contributed by atoms with Crippen LogP contribution < -0.4 is 5.32 Å². The van der Waals surface area contributed by atoms with Crippen molar-refractivity contribution in [1.29, 1.82) is 0 Å². The van der Waals surface area contributed by atoms with Crippen molar-refractivity contribution in [3.63, 3.8) is 0 Å². The van der Waals surface area contributed by atoms with Crippen molar-refractivity contribution >= 4 is 33.7 Å². The van der Waals surface area contributed by atoms with Gasteiger partial charge in [0.15, 0.2) is 5.78 Å². The van der Waals surface area contributed by atoms with E-state index in [1.807, 2.05) is 30.5 Å². The van der Waals surface area contributed by atoms with Crippen molar-refractivity contribution in [1.82, 2.24) is 4.98 Å². The number of rotatable bonds is 4. The van der Waals surface area contributed by atoms with Crippen LogP contribution in [0.1, 0.15) is 17.3 Å². The van der Waals surface area contributed by atoms with E-state index in [2.05, 4.69) is 10.3 Å². The number of aromatic amines is 1. The molecule has 0 atom stereocenters. The molecule has 2 N–H and O–H groups in total. The number of hydrogen-bond acceptors (Lipinski definition) is 4. The molecule has 0 fully saturated rings. The number of benzene rings is 2. The summed E-state index contributed by atoms with van der Waals surface area (Å²) in [7, 11) is 0. The van der Waals surface area contributed by atoms with Crippen LogP contribution >= 0.6 is 0 Å². The largest absolute Gasteiger partial charge is 0.361 e. The Morgan fingerprint density at radius 3 is 2.73 bits per heavy atom. The molecular formula is C16H13N3O3. The smallest absolute Gasteiger partial charge is 0.293 e. The van der Waals surface area contributed by atoms with Crippen molar-refractivity contribution in [2.45, 2.75) is 6.92 Å². The van der Waals surface area contributed by atoms with Crippen LogP contribution in [-0.2, 0) is 0 Å². The summed E-state index contributed by atoms with van der Waals surface area (Å²) < 4.78 is 0. The van der Waals surface area contributed by atoms with Crippen LogP contribution in [0.5, 0.6) is 0 Å². The number of nitro benzene ring substituents is 1. The number of H-pyrrole nitrogens is 1. The first kappa shape index (κ1) is 13.8. The second-order valence-corrected chi connectivity index (χ2v) is 4.95. The maximum absolute atomic E-state index is 11.4. The number of ketones is 1. The Morgan fingerprint density at radius 1 is 1.18 bits per heavy atom. The minimum atomic E-state index is -0.496. The topological polar surface area (TPSA) is 88.0 Å². The van der Waals surface area contributed by atoms with Gasteiger partial charge in [0, 0.05) is 34.4 Å². The van der Waals surface area contributed by atoms with Crippen LogP contribution in [0.3, 0.4) is 0 Å². The molecule has 22 heavy (non-hydrogen) atoms. The highest BCUT2D eigenvalue weighted by Gasteiger charge is 2.16. The van der Waals surface area contributed by atoms with Gasteiger partial charge >= 0.3 is 0 Å². The number of nitrogens with one attached hydrogen (secondary N) is 2. The van der Waals surface area contributed by atoms with Gasteiger partial charge < -0.3 is 10.3 Å². The van der Waals surface area contributed by atoms with Gasteiger partial charge in [-0.15, -0.1) is 0 Å². The number of nitro groups is 1. The van der Waals surface area contributed by atoms with E-state index < -0.39 is 4.92 Å². The minimum Gasteiger partial charge on any atom is -0.361 e. The van der Waals surface area contributed by atoms with E-state index >= 15 is 0 Å². The second-order valence-electron chi connectivity index (χ2n) is 4.95. The van der Waals surface area contributed by atoms with Gasteiger partial charge in [0.05, 0.1) is 4.92 Å². The number of fused-ring (bicyclic) bond motifs is 1. The second kappa shape index (κ2) is 5.33. The third kappa shape index (κ3) is 2.54. The zero-order chi connectivity index (χ0) is 15.7.